The quantitative estimate of drug-likeness (QED) is 0.0646. The number of aliphatic imine (C=N–C) groups is 2. The lowest BCUT2D eigenvalue weighted by molar-refractivity contribution is -0.165. The van der Waals surface area contributed by atoms with Crippen LogP contribution >= 0.6 is 0 Å². The Balaban J connectivity index is 1.72. The number of hydrogen-bond acceptors (Lipinski definition) is 8. The molecular formula is C28H36N10O6. The number of piperazine rings is 1. The Bertz CT molecular complexity index is 1450. The average Bonchev–Trinajstić information content (AvgIpc) is 2.95. The molecule has 0 aliphatic carbocycles. The van der Waals surface area contributed by atoms with Gasteiger partial charge in [0.05, 0.1) is 11.4 Å². The number of nitrogens with one attached hydrogen (secondary N) is 2. The lowest BCUT2D eigenvalue weighted by Gasteiger charge is -2.47. The van der Waals surface area contributed by atoms with E-state index in [1.54, 1.807) is 24.3 Å². The molecule has 16 heteroatoms. The fraction of sp³-hybridized carbons (Fsp3) is 0.321. The van der Waals surface area contributed by atoms with Crippen molar-refractivity contribution in [1.82, 2.24) is 20.7 Å². The second kappa shape index (κ2) is 14.6. The van der Waals surface area contributed by atoms with Crippen molar-refractivity contribution >= 4 is 52.8 Å². The van der Waals surface area contributed by atoms with Crippen LogP contribution in [-0.4, -0.2) is 88.1 Å². The van der Waals surface area contributed by atoms with Crippen LogP contribution in [0.1, 0.15) is 46.9 Å². The molecule has 1 heterocycles. The molecule has 2 aromatic carbocycles. The first kappa shape index (κ1) is 33.0. The average molecular weight is 609 g/mol. The van der Waals surface area contributed by atoms with Crippen molar-refractivity contribution in [3.8, 4) is 0 Å². The lowest BCUT2D eigenvalue weighted by atomic mass is 9.84. The Morgan fingerprint density at radius 2 is 1.36 bits per heavy atom. The number of nitrogens with two attached hydrogens (primary N) is 4. The molecule has 1 atom stereocenters. The zero-order valence-corrected chi connectivity index (χ0v) is 24.2. The monoisotopic (exact) mass is 608 g/mol. The molecule has 1 unspecified atom stereocenters. The van der Waals surface area contributed by atoms with Crippen molar-refractivity contribution in [2.45, 2.75) is 31.7 Å². The number of nitrogens with zero attached hydrogens (tertiary/aromatic N) is 4. The van der Waals surface area contributed by atoms with E-state index in [-0.39, 0.29) is 55.9 Å². The van der Waals surface area contributed by atoms with Crippen molar-refractivity contribution in [3.63, 3.8) is 0 Å². The second-order valence-corrected chi connectivity index (χ2v) is 10.0. The van der Waals surface area contributed by atoms with Crippen molar-refractivity contribution in [1.29, 1.82) is 0 Å². The zero-order valence-electron chi connectivity index (χ0n) is 24.2. The summed E-state index contributed by atoms with van der Waals surface area (Å²) in [7, 11) is 0. The number of carbonyl (C=O) groups excluding carboxylic acids is 4. The van der Waals surface area contributed by atoms with Crippen LogP contribution in [-0.2, 0) is 14.4 Å². The molecule has 11 N–H and O–H groups in total. The molecule has 0 saturated carbocycles. The molecule has 0 spiro atoms. The number of amides is 3. The number of benzene rings is 2. The Kier molecular flexibility index (Phi) is 10.9. The maximum Gasteiger partial charge on any atom is 0.323 e. The van der Waals surface area contributed by atoms with Crippen molar-refractivity contribution in [3.05, 3.63) is 59.7 Å². The second-order valence-electron chi connectivity index (χ2n) is 10.0. The third-order valence-corrected chi connectivity index (χ3v) is 6.87. The fourth-order valence-electron chi connectivity index (χ4n) is 4.78. The molecule has 16 nitrogen and oxygen atoms in total. The maximum absolute atomic E-state index is 13.7. The Morgan fingerprint density at radius 3 is 1.84 bits per heavy atom. The highest BCUT2D eigenvalue weighted by Gasteiger charge is 2.53. The summed E-state index contributed by atoms with van der Waals surface area (Å²) >= 11 is 0. The van der Waals surface area contributed by atoms with Crippen LogP contribution in [0.2, 0.25) is 0 Å². The molecule has 234 valence electrons. The molecule has 1 fully saturated rings. The third-order valence-electron chi connectivity index (χ3n) is 6.87. The number of aliphatic carboxylic acids is 1. The lowest BCUT2D eigenvalue weighted by Crippen LogP contribution is -2.73. The summed E-state index contributed by atoms with van der Waals surface area (Å²) in [5.74, 6) is -3.72. The van der Waals surface area contributed by atoms with Crippen molar-refractivity contribution in [2.24, 2.45) is 32.9 Å². The number of carboxylic acids is 1. The maximum atomic E-state index is 13.7. The summed E-state index contributed by atoms with van der Waals surface area (Å²) in [5, 5.41) is 13.4. The predicted octanol–water partition coefficient (Wildman–Crippen LogP) is -0.702. The first-order valence-electron chi connectivity index (χ1n) is 13.6. The number of guanidine groups is 2. The molecule has 0 radical (unpaired) electrons. The van der Waals surface area contributed by atoms with E-state index in [1.807, 2.05) is 0 Å². The normalized spacial score (nSPS) is 16.5. The zero-order chi connectivity index (χ0) is 32.4. The van der Waals surface area contributed by atoms with Crippen LogP contribution in [0.3, 0.4) is 0 Å². The Hall–Kier alpha value is -5.51. The van der Waals surface area contributed by atoms with E-state index < -0.39 is 35.7 Å². The van der Waals surface area contributed by atoms with E-state index in [0.29, 0.717) is 23.4 Å². The molecule has 0 aromatic heterocycles. The van der Waals surface area contributed by atoms with Crippen LogP contribution in [0.25, 0.3) is 0 Å². The van der Waals surface area contributed by atoms with E-state index >= 15 is 0 Å². The fourth-order valence-corrected chi connectivity index (χ4v) is 4.78. The highest BCUT2D eigenvalue weighted by molar-refractivity contribution is 6.11. The number of hydrogen-bond donors (Lipinski definition) is 7. The smallest absolute Gasteiger partial charge is 0.323 e. The van der Waals surface area contributed by atoms with Gasteiger partial charge in [-0.15, -0.1) is 0 Å². The van der Waals surface area contributed by atoms with Gasteiger partial charge < -0.3 is 38.3 Å². The van der Waals surface area contributed by atoms with Gasteiger partial charge in [-0.3, -0.25) is 29.4 Å². The molecule has 0 bridgehead atoms. The largest absolute Gasteiger partial charge is 0.480 e. The van der Waals surface area contributed by atoms with Gasteiger partial charge in [-0.25, -0.2) is 9.98 Å². The number of Topliss-reactive ketones (excluding diaryl/α,β-unsaturated/α-hetero) is 1. The van der Waals surface area contributed by atoms with E-state index in [2.05, 4.69) is 20.7 Å². The first-order valence-corrected chi connectivity index (χ1v) is 13.6. The van der Waals surface area contributed by atoms with E-state index in [0.717, 1.165) is 4.90 Å². The SMILES string of the molecule is CC(=O)C1(CCCCNC(=O)c2ccc(N=C(N)N)cc2)C(=O)N(CC(=O)O)CCN1NC(=O)c1ccc(N=C(N)N)cc1. The van der Waals surface area contributed by atoms with Crippen LogP contribution in [0.5, 0.6) is 0 Å². The Morgan fingerprint density at radius 1 is 0.841 bits per heavy atom. The van der Waals surface area contributed by atoms with Crippen molar-refractivity contribution < 1.29 is 29.1 Å². The predicted molar refractivity (Wildman–Crippen MR) is 162 cm³/mol. The van der Waals surface area contributed by atoms with Gasteiger partial charge >= 0.3 is 5.97 Å². The molecule has 3 amide bonds. The van der Waals surface area contributed by atoms with Gasteiger partial charge in [0, 0.05) is 30.8 Å². The van der Waals surface area contributed by atoms with Gasteiger partial charge in [-0.05, 0) is 74.7 Å². The summed E-state index contributed by atoms with van der Waals surface area (Å²) in [4.78, 5) is 72.9. The Labute approximate surface area is 253 Å². The molecule has 1 saturated heterocycles. The van der Waals surface area contributed by atoms with Gasteiger partial charge in [0.1, 0.15) is 6.54 Å². The molecule has 1 aliphatic rings. The number of hydrazine groups is 1. The van der Waals surface area contributed by atoms with E-state index in [9.17, 15) is 29.1 Å². The highest BCUT2D eigenvalue weighted by Crippen LogP contribution is 2.29. The molecule has 3 rings (SSSR count). The summed E-state index contributed by atoms with van der Waals surface area (Å²) in [5.41, 5.74) is 23.8. The van der Waals surface area contributed by atoms with Gasteiger partial charge in [-0.2, -0.15) is 5.01 Å². The van der Waals surface area contributed by atoms with Gasteiger partial charge in [-0.1, -0.05) is 0 Å². The molecule has 1 aliphatic heterocycles. The van der Waals surface area contributed by atoms with Gasteiger partial charge in [0.2, 0.25) is 0 Å². The standard InChI is InChI=1S/C28H36N10O6/c1-17(39)28(12-2-3-13-33-23(42)18-4-8-20(9-5-18)34-26(29)30)25(44)37(16-22(40)41)14-15-38(28)36-24(43)19-6-10-21(11-7-19)35-27(31)32/h4-11H,2-3,12-16H2,1H3,(H,33,42)(H,36,43)(H,40,41)(H4,29,30,34)(H4,31,32,35). The van der Waals surface area contributed by atoms with Crippen LogP contribution in [0.15, 0.2) is 58.5 Å². The van der Waals surface area contributed by atoms with E-state index in [1.165, 1.54) is 36.2 Å². The van der Waals surface area contributed by atoms with Crippen molar-refractivity contribution in [2.75, 3.05) is 26.2 Å². The summed E-state index contributed by atoms with van der Waals surface area (Å²) in [6, 6.07) is 12.3. The molecule has 2 aromatic rings. The molecular weight excluding hydrogens is 572 g/mol. The minimum atomic E-state index is -1.85. The highest BCUT2D eigenvalue weighted by atomic mass is 16.4. The topological polar surface area (TPSA) is 265 Å². The summed E-state index contributed by atoms with van der Waals surface area (Å²) < 4.78 is 0. The number of unbranched alkanes of at least 4 members (excludes halogenated alkanes) is 1. The minimum Gasteiger partial charge on any atom is -0.480 e. The minimum absolute atomic E-state index is 0.00298. The van der Waals surface area contributed by atoms with Gasteiger partial charge in [0.15, 0.2) is 23.2 Å². The van der Waals surface area contributed by atoms with Crippen LogP contribution < -0.4 is 33.7 Å². The number of rotatable bonds is 13. The summed E-state index contributed by atoms with van der Waals surface area (Å²) in [6.45, 7) is 0.827. The molecule has 44 heavy (non-hydrogen) atoms. The number of carbonyl (C=O) groups is 5. The van der Waals surface area contributed by atoms with Crippen LogP contribution in [0, 0.1) is 0 Å². The van der Waals surface area contributed by atoms with Crippen LogP contribution in [0.4, 0.5) is 11.4 Å². The summed E-state index contributed by atoms with van der Waals surface area (Å²) in [6.07, 6.45) is 0.632. The number of ketones is 1. The first-order chi connectivity index (χ1) is 20.8. The van der Waals surface area contributed by atoms with E-state index in [4.69, 9.17) is 22.9 Å². The third kappa shape index (κ3) is 8.28. The number of carboxylic acid groups (broad SMARTS) is 1. The van der Waals surface area contributed by atoms with Gasteiger partial charge in [0.25, 0.3) is 17.7 Å².